The molecule has 1 atom stereocenters. The molecule has 0 radical (unpaired) electrons. The summed E-state index contributed by atoms with van der Waals surface area (Å²) in [6, 6.07) is 9.61. The second kappa shape index (κ2) is 4.69. The van der Waals surface area contributed by atoms with Crippen LogP contribution in [0.5, 0.6) is 5.75 Å². The van der Waals surface area contributed by atoms with Gasteiger partial charge in [-0.3, -0.25) is 0 Å². The van der Waals surface area contributed by atoms with Crippen molar-refractivity contribution in [3.63, 3.8) is 0 Å². The largest absolute Gasteiger partial charge is 0.496 e. The Hall–Kier alpha value is -1.03. The lowest BCUT2D eigenvalue weighted by Crippen LogP contribution is -2.34. The fourth-order valence-corrected chi connectivity index (χ4v) is 3.20. The van der Waals surface area contributed by atoms with Gasteiger partial charge in [-0.15, -0.1) is 11.3 Å². The molecule has 2 nitrogen and oxygen atoms in total. The average Bonchev–Trinajstić information content (AvgIpc) is 2.76. The van der Waals surface area contributed by atoms with E-state index in [4.69, 9.17) is 22.1 Å². The van der Waals surface area contributed by atoms with E-state index in [0.29, 0.717) is 5.02 Å². The molecule has 1 heterocycles. The maximum absolute atomic E-state index is 6.43. The van der Waals surface area contributed by atoms with E-state index in [-0.39, 0.29) is 0 Å². The molecule has 1 aromatic heterocycles. The van der Waals surface area contributed by atoms with Crippen LogP contribution in [0.4, 0.5) is 0 Å². The second-order valence-electron chi connectivity index (χ2n) is 4.00. The predicted molar refractivity (Wildman–Crippen MR) is 73.0 cm³/mol. The van der Waals surface area contributed by atoms with Crippen LogP contribution in [0, 0.1) is 0 Å². The molecule has 2 N–H and O–H groups in total. The highest BCUT2D eigenvalue weighted by Gasteiger charge is 2.30. The fraction of sp³-hybridized carbons (Fsp3) is 0.231. The Kier molecular flexibility index (Phi) is 3.43. The van der Waals surface area contributed by atoms with E-state index >= 15 is 0 Å². The highest BCUT2D eigenvalue weighted by Crippen LogP contribution is 2.39. The van der Waals surface area contributed by atoms with Crippen LogP contribution >= 0.6 is 22.9 Å². The van der Waals surface area contributed by atoms with Crippen molar-refractivity contribution in [2.24, 2.45) is 5.73 Å². The van der Waals surface area contributed by atoms with Crippen LogP contribution in [-0.2, 0) is 5.54 Å². The molecule has 0 saturated carbocycles. The summed E-state index contributed by atoms with van der Waals surface area (Å²) in [4.78, 5) is 0.948. The summed E-state index contributed by atoms with van der Waals surface area (Å²) in [5.41, 5.74) is 6.72. The van der Waals surface area contributed by atoms with Crippen molar-refractivity contribution in [2.75, 3.05) is 7.11 Å². The summed E-state index contributed by atoms with van der Waals surface area (Å²) >= 11 is 7.72. The molecule has 0 saturated heterocycles. The molecule has 1 aromatic carbocycles. The molecule has 0 spiro atoms. The van der Waals surface area contributed by atoms with Gasteiger partial charge in [0.05, 0.1) is 17.7 Å². The summed E-state index contributed by atoms with van der Waals surface area (Å²) in [6.07, 6.45) is 0. The fourth-order valence-electron chi connectivity index (χ4n) is 1.86. The third-order valence-electron chi connectivity index (χ3n) is 2.76. The van der Waals surface area contributed by atoms with Gasteiger partial charge in [0.15, 0.2) is 0 Å². The molecular weight excluding hydrogens is 254 g/mol. The smallest absolute Gasteiger partial charge is 0.124 e. The van der Waals surface area contributed by atoms with Gasteiger partial charge < -0.3 is 10.5 Å². The summed E-state index contributed by atoms with van der Waals surface area (Å²) < 4.78 is 5.35. The van der Waals surface area contributed by atoms with E-state index in [1.807, 2.05) is 42.6 Å². The van der Waals surface area contributed by atoms with E-state index in [2.05, 4.69) is 0 Å². The maximum Gasteiger partial charge on any atom is 0.124 e. The minimum atomic E-state index is -0.641. The van der Waals surface area contributed by atoms with Crippen molar-refractivity contribution < 1.29 is 4.74 Å². The zero-order chi connectivity index (χ0) is 12.5. The lowest BCUT2D eigenvalue weighted by Gasteiger charge is -2.26. The number of methoxy groups -OCH3 is 1. The Bertz CT molecular complexity index is 522. The number of para-hydroxylation sites is 1. The molecule has 0 aliphatic rings. The van der Waals surface area contributed by atoms with Gasteiger partial charge in [-0.1, -0.05) is 29.8 Å². The molecule has 0 fully saturated rings. The lowest BCUT2D eigenvalue weighted by molar-refractivity contribution is 0.399. The van der Waals surface area contributed by atoms with E-state index in [9.17, 15) is 0 Å². The second-order valence-corrected chi connectivity index (χ2v) is 5.32. The number of hydrogen-bond donors (Lipinski definition) is 1. The van der Waals surface area contributed by atoms with Crippen LogP contribution in [0.1, 0.15) is 17.4 Å². The van der Waals surface area contributed by atoms with E-state index in [1.165, 1.54) is 0 Å². The maximum atomic E-state index is 6.43. The Morgan fingerprint density at radius 3 is 2.59 bits per heavy atom. The monoisotopic (exact) mass is 267 g/mol. The minimum absolute atomic E-state index is 0.641. The lowest BCUT2D eigenvalue weighted by atomic mass is 9.90. The summed E-state index contributed by atoms with van der Waals surface area (Å²) in [5.74, 6) is 0.780. The minimum Gasteiger partial charge on any atom is -0.496 e. The van der Waals surface area contributed by atoms with Gasteiger partial charge >= 0.3 is 0 Å². The topological polar surface area (TPSA) is 35.2 Å². The van der Waals surface area contributed by atoms with Gasteiger partial charge in [0.25, 0.3) is 0 Å². The van der Waals surface area contributed by atoms with E-state index in [1.54, 1.807) is 18.4 Å². The third-order valence-corrected chi connectivity index (χ3v) is 4.33. The molecule has 90 valence electrons. The van der Waals surface area contributed by atoms with Crippen molar-refractivity contribution in [1.82, 2.24) is 0 Å². The van der Waals surface area contributed by atoms with Crippen molar-refractivity contribution in [2.45, 2.75) is 12.5 Å². The quantitative estimate of drug-likeness (QED) is 0.922. The first kappa shape index (κ1) is 12.4. The Balaban J connectivity index is 2.55. The first-order valence-corrected chi connectivity index (χ1v) is 6.49. The number of ether oxygens (including phenoxy) is 1. The molecule has 0 aliphatic carbocycles. The van der Waals surface area contributed by atoms with Crippen molar-refractivity contribution in [1.29, 1.82) is 0 Å². The first-order chi connectivity index (χ1) is 8.07. The molecule has 0 amide bonds. The van der Waals surface area contributed by atoms with Crippen LogP contribution in [0.2, 0.25) is 5.02 Å². The Morgan fingerprint density at radius 2 is 2.00 bits per heavy atom. The van der Waals surface area contributed by atoms with Crippen molar-refractivity contribution in [3.05, 3.63) is 51.2 Å². The molecule has 2 rings (SSSR count). The number of rotatable bonds is 3. The molecule has 17 heavy (non-hydrogen) atoms. The van der Waals surface area contributed by atoms with Crippen LogP contribution in [-0.4, -0.2) is 7.11 Å². The molecular formula is C13H14ClNOS. The Labute approximate surface area is 110 Å². The van der Waals surface area contributed by atoms with Gasteiger partial charge in [-0.05, 0) is 24.4 Å². The summed E-state index contributed by atoms with van der Waals surface area (Å²) in [5, 5.41) is 2.64. The average molecular weight is 268 g/mol. The van der Waals surface area contributed by atoms with E-state index < -0.39 is 5.54 Å². The number of halogens is 1. The number of benzene rings is 1. The zero-order valence-electron chi connectivity index (χ0n) is 9.74. The predicted octanol–water partition coefficient (Wildman–Crippen LogP) is 3.63. The normalized spacial score (nSPS) is 14.4. The Morgan fingerprint density at radius 1 is 1.29 bits per heavy atom. The van der Waals surface area contributed by atoms with Gasteiger partial charge in [0, 0.05) is 10.4 Å². The van der Waals surface area contributed by atoms with Crippen LogP contribution < -0.4 is 10.5 Å². The van der Waals surface area contributed by atoms with Crippen LogP contribution in [0.25, 0.3) is 0 Å². The number of hydrogen-bond acceptors (Lipinski definition) is 3. The highest BCUT2D eigenvalue weighted by atomic mass is 35.5. The number of nitrogens with two attached hydrogens (primary N) is 1. The molecule has 0 aliphatic heterocycles. The SMILES string of the molecule is COc1ccccc1C(C)(N)c1sccc1Cl. The van der Waals surface area contributed by atoms with Gasteiger partial charge in [-0.25, -0.2) is 0 Å². The summed E-state index contributed by atoms with van der Waals surface area (Å²) in [6.45, 7) is 1.95. The molecule has 4 heteroatoms. The third kappa shape index (κ3) is 2.18. The molecule has 0 bridgehead atoms. The highest BCUT2D eigenvalue weighted by molar-refractivity contribution is 7.10. The van der Waals surface area contributed by atoms with Gasteiger partial charge in [0.2, 0.25) is 0 Å². The van der Waals surface area contributed by atoms with Crippen molar-refractivity contribution >= 4 is 22.9 Å². The van der Waals surface area contributed by atoms with Crippen LogP contribution in [0.15, 0.2) is 35.7 Å². The van der Waals surface area contributed by atoms with Gasteiger partial charge in [-0.2, -0.15) is 0 Å². The van der Waals surface area contributed by atoms with E-state index in [0.717, 1.165) is 16.2 Å². The zero-order valence-corrected chi connectivity index (χ0v) is 11.3. The number of thiophene rings is 1. The van der Waals surface area contributed by atoms with Crippen molar-refractivity contribution in [3.8, 4) is 5.75 Å². The molecule has 2 aromatic rings. The molecule has 1 unspecified atom stereocenters. The van der Waals surface area contributed by atoms with Crippen LogP contribution in [0.3, 0.4) is 0 Å². The standard InChI is InChI=1S/C13H14ClNOS/c1-13(15,12-10(14)7-8-17-12)9-5-3-4-6-11(9)16-2/h3-8H,15H2,1-2H3. The summed E-state index contributed by atoms with van der Waals surface area (Å²) in [7, 11) is 1.64. The van der Waals surface area contributed by atoms with Gasteiger partial charge in [0.1, 0.15) is 5.75 Å². The first-order valence-electron chi connectivity index (χ1n) is 5.23.